The lowest BCUT2D eigenvalue weighted by atomic mass is 10.2. The predicted molar refractivity (Wildman–Crippen MR) is 47.7 cm³/mol. The van der Waals surface area contributed by atoms with Crippen LogP contribution in [-0.4, -0.2) is 28.7 Å². The fraction of sp³-hybridized carbons (Fsp3) is 0.375. The van der Waals surface area contributed by atoms with Crippen LogP contribution in [0.1, 0.15) is 20.4 Å². The number of amides is 2. The summed E-state index contributed by atoms with van der Waals surface area (Å²) in [5, 5.41) is 0.835. The third kappa shape index (κ3) is 1.16. The summed E-state index contributed by atoms with van der Waals surface area (Å²) in [5.74, 6) is -0.434. The van der Waals surface area contributed by atoms with Crippen molar-refractivity contribution < 1.29 is 9.59 Å². The molecule has 0 atom stereocenters. The first-order valence-electron chi connectivity index (χ1n) is 3.87. The van der Waals surface area contributed by atoms with Crippen molar-refractivity contribution in [3.05, 3.63) is 15.6 Å². The first-order valence-corrected chi connectivity index (χ1v) is 4.68. The summed E-state index contributed by atoms with van der Waals surface area (Å²) in [6, 6.07) is 0. The number of thiazole rings is 1. The highest BCUT2D eigenvalue weighted by Gasteiger charge is 2.30. The average Bonchev–Trinajstić information content (AvgIpc) is 2.42. The van der Waals surface area contributed by atoms with Crippen molar-refractivity contribution in [2.75, 3.05) is 7.05 Å². The molecule has 0 saturated heterocycles. The Labute approximate surface area is 79.2 Å². The summed E-state index contributed by atoms with van der Waals surface area (Å²) >= 11 is 1.42. The van der Waals surface area contributed by atoms with Gasteiger partial charge < -0.3 is 0 Å². The van der Waals surface area contributed by atoms with Crippen LogP contribution in [-0.2, 0) is 11.2 Å². The molecule has 1 aromatic heterocycles. The number of imide groups is 1. The van der Waals surface area contributed by atoms with Crippen LogP contribution < -0.4 is 0 Å². The zero-order valence-electron chi connectivity index (χ0n) is 7.33. The summed E-state index contributed by atoms with van der Waals surface area (Å²) in [4.78, 5) is 28.8. The SMILES string of the molecule is Cc1nc2c(s1)CC(=O)N(C)C2=O. The molecular formula is C8H8N2O2S. The number of carbonyl (C=O) groups is 2. The maximum absolute atomic E-state index is 11.5. The molecule has 0 unspecified atom stereocenters. The van der Waals surface area contributed by atoms with Crippen LogP contribution in [0, 0.1) is 6.92 Å². The van der Waals surface area contributed by atoms with Gasteiger partial charge in [0.1, 0.15) is 5.69 Å². The van der Waals surface area contributed by atoms with Gasteiger partial charge in [-0.1, -0.05) is 0 Å². The summed E-state index contributed by atoms with van der Waals surface area (Å²) < 4.78 is 0. The summed E-state index contributed by atoms with van der Waals surface area (Å²) in [7, 11) is 1.49. The lowest BCUT2D eigenvalue weighted by Crippen LogP contribution is -2.38. The number of carbonyl (C=O) groups excluding carboxylic acids is 2. The highest BCUT2D eigenvalue weighted by atomic mass is 32.1. The largest absolute Gasteiger partial charge is 0.280 e. The van der Waals surface area contributed by atoms with Gasteiger partial charge in [-0.3, -0.25) is 14.5 Å². The molecule has 13 heavy (non-hydrogen) atoms. The van der Waals surface area contributed by atoms with Crippen LogP contribution in [0.25, 0.3) is 0 Å². The van der Waals surface area contributed by atoms with E-state index in [0.717, 1.165) is 14.8 Å². The number of rotatable bonds is 0. The quantitative estimate of drug-likeness (QED) is 0.571. The molecule has 0 bridgehead atoms. The highest BCUT2D eigenvalue weighted by Crippen LogP contribution is 2.24. The Hall–Kier alpha value is -1.23. The van der Waals surface area contributed by atoms with Gasteiger partial charge in [0, 0.05) is 11.9 Å². The summed E-state index contributed by atoms with van der Waals surface area (Å²) in [6.45, 7) is 1.83. The van der Waals surface area contributed by atoms with Gasteiger partial charge in [-0.2, -0.15) is 0 Å². The van der Waals surface area contributed by atoms with E-state index in [1.165, 1.54) is 18.4 Å². The van der Waals surface area contributed by atoms with E-state index >= 15 is 0 Å². The van der Waals surface area contributed by atoms with Crippen molar-refractivity contribution in [3.8, 4) is 0 Å². The van der Waals surface area contributed by atoms with Gasteiger partial charge in [0.15, 0.2) is 0 Å². The Bertz CT molecular complexity index is 397. The molecule has 0 radical (unpaired) electrons. The van der Waals surface area contributed by atoms with Crippen molar-refractivity contribution in [3.63, 3.8) is 0 Å². The van der Waals surface area contributed by atoms with Crippen molar-refractivity contribution in [1.29, 1.82) is 0 Å². The van der Waals surface area contributed by atoms with Crippen LogP contribution in [0.4, 0.5) is 0 Å². The number of nitrogens with zero attached hydrogens (tertiary/aromatic N) is 2. The molecule has 1 aliphatic heterocycles. The minimum absolute atomic E-state index is 0.152. The molecule has 2 rings (SSSR count). The van der Waals surface area contributed by atoms with E-state index in [1.807, 2.05) is 6.92 Å². The second-order valence-corrected chi connectivity index (χ2v) is 4.23. The smallest absolute Gasteiger partial charge is 0.279 e. The van der Waals surface area contributed by atoms with Gasteiger partial charge in [0.2, 0.25) is 5.91 Å². The van der Waals surface area contributed by atoms with Gasteiger partial charge in [-0.25, -0.2) is 4.98 Å². The third-order valence-electron chi connectivity index (χ3n) is 2.00. The molecule has 2 amide bonds. The average molecular weight is 196 g/mol. The van der Waals surface area contributed by atoms with Gasteiger partial charge in [0.25, 0.3) is 5.91 Å². The number of hydrogen-bond acceptors (Lipinski definition) is 4. The minimum Gasteiger partial charge on any atom is -0.280 e. The number of likely N-dealkylation sites (N-methyl/N-ethyl adjacent to an activating group) is 1. The van der Waals surface area contributed by atoms with Crippen molar-refractivity contribution in [1.82, 2.24) is 9.88 Å². The van der Waals surface area contributed by atoms with E-state index in [2.05, 4.69) is 4.98 Å². The Morgan fingerprint density at radius 3 is 2.85 bits per heavy atom. The second-order valence-electron chi connectivity index (χ2n) is 2.94. The molecule has 1 aliphatic rings. The highest BCUT2D eigenvalue weighted by molar-refractivity contribution is 7.12. The number of aromatic nitrogens is 1. The molecule has 0 N–H and O–H groups in total. The Morgan fingerprint density at radius 1 is 1.46 bits per heavy atom. The van der Waals surface area contributed by atoms with Gasteiger partial charge in [0.05, 0.1) is 11.4 Å². The molecule has 5 heteroatoms. The first-order chi connectivity index (χ1) is 6.09. The molecular weight excluding hydrogens is 188 g/mol. The van der Waals surface area contributed by atoms with Crippen molar-refractivity contribution in [2.45, 2.75) is 13.3 Å². The van der Waals surface area contributed by atoms with E-state index in [9.17, 15) is 9.59 Å². The first kappa shape index (κ1) is 8.37. The van der Waals surface area contributed by atoms with Gasteiger partial charge in [-0.15, -0.1) is 11.3 Å². The second kappa shape index (κ2) is 2.63. The summed E-state index contributed by atoms with van der Waals surface area (Å²) in [6.07, 6.45) is 0.309. The minimum atomic E-state index is -0.282. The zero-order chi connectivity index (χ0) is 9.59. The lowest BCUT2D eigenvalue weighted by Gasteiger charge is -2.18. The number of aryl methyl sites for hydroxylation is 1. The molecule has 1 aromatic rings. The van der Waals surface area contributed by atoms with Crippen LogP contribution >= 0.6 is 11.3 Å². The van der Waals surface area contributed by atoms with Gasteiger partial charge in [-0.05, 0) is 6.92 Å². The van der Waals surface area contributed by atoms with Crippen LogP contribution in [0.2, 0.25) is 0 Å². The monoisotopic (exact) mass is 196 g/mol. The molecule has 0 fully saturated rings. The van der Waals surface area contributed by atoms with Crippen LogP contribution in [0.15, 0.2) is 0 Å². The molecule has 0 saturated carbocycles. The standard InChI is InChI=1S/C8H8N2O2S/c1-4-9-7-5(13-4)3-6(11)10(2)8(7)12/h3H2,1-2H3. The van der Waals surface area contributed by atoms with Crippen molar-refractivity contribution in [2.24, 2.45) is 0 Å². The fourth-order valence-electron chi connectivity index (χ4n) is 1.28. The lowest BCUT2D eigenvalue weighted by molar-refractivity contribution is -0.127. The number of hydrogen-bond donors (Lipinski definition) is 0. The van der Waals surface area contributed by atoms with E-state index in [4.69, 9.17) is 0 Å². The maximum Gasteiger partial charge on any atom is 0.279 e. The molecule has 0 aromatic carbocycles. The van der Waals surface area contributed by atoms with Crippen LogP contribution in [0.3, 0.4) is 0 Å². The van der Waals surface area contributed by atoms with Crippen molar-refractivity contribution >= 4 is 23.2 Å². The van der Waals surface area contributed by atoms with E-state index in [0.29, 0.717) is 12.1 Å². The van der Waals surface area contributed by atoms with E-state index in [1.54, 1.807) is 0 Å². The van der Waals surface area contributed by atoms with E-state index < -0.39 is 0 Å². The normalized spacial score (nSPS) is 16.3. The Morgan fingerprint density at radius 2 is 2.15 bits per heavy atom. The fourth-order valence-corrected chi connectivity index (χ4v) is 2.20. The van der Waals surface area contributed by atoms with Crippen LogP contribution in [0.5, 0.6) is 0 Å². The summed E-state index contributed by atoms with van der Waals surface area (Å²) in [5.41, 5.74) is 0.449. The topological polar surface area (TPSA) is 50.3 Å². The molecule has 4 nitrogen and oxygen atoms in total. The molecule has 0 spiro atoms. The van der Waals surface area contributed by atoms with Gasteiger partial charge >= 0.3 is 0 Å². The third-order valence-corrected chi connectivity index (χ3v) is 2.97. The molecule has 68 valence electrons. The molecule has 0 aliphatic carbocycles. The molecule has 2 heterocycles. The Balaban J connectivity index is 2.54. The Kier molecular flexibility index (Phi) is 1.69. The van der Waals surface area contributed by atoms with E-state index in [-0.39, 0.29) is 11.8 Å². The predicted octanol–water partition coefficient (Wildman–Crippen LogP) is 0.606. The zero-order valence-corrected chi connectivity index (χ0v) is 8.14. The number of fused-ring (bicyclic) bond motifs is 1. The maximum atomic E-state index is 11.5.